The van der Waals surface area contributed by atoms with Crippen LogP contribution in [0.3, 0.4) is 0 Å². The van der Waals surface area contributed by atoms with Crippen molar-refractivity contribution in [2.75, 3.05) is 16.4 Å². The van der Waals surface area contributed by atoms with E-state index in [1.54, 1.807) is 18.2 Å². The van der Waals surface area contributed by atoms with Gasteiger partial charge in [0.25, 0.3) is 5.91 Å². The van der Waals surface area contributed by atoms with Gasteiger partial charge < -0.3 is 5.32 Å². The predicted octanol–water partition coefficient (Wildman–Crippen LogP) is 4.81. The van der Waals surface area contributed by atoms with Crippen LogP contribution in [0.1, 0.15) is 10.4 Å². The number of fused-ring (bicyclic) bond motifs is 1. The number of nitrogens with zero attached hydrogens (tertiary/aromatic N) is 2. The summed E-state index contributed by atoms with van der Waals surface area (Å²) in [6, 6.07) is 19.1. The van der Waals surface area contributed by atoms with Crippen LogP contribution in [0.5, 0.6) is 0 Å². The van der Waals surface area contributed by atoms with Crippen LogP contribution in [-0.4, -0.2) is 27.8 Å². The average molecular weight is 439 g/mol. The third kappa shape index (κ3) is 4.64. The summed E-state index contributed by atoms with van der Waals surface area (Å²) in [5.74, 6) is -1.09. The SMILES string of the molecule is O=C(CSc1nnc(NC(=O)c2cccc3ccccc23)s1)Nc1ccccc1F. The van der Waals surface area contributed by atoms with Crippen LogP contribution >= 0.6 is 23.1 Å². The molecular formula is C21H15FN4O2S2. The first-order valence-corrected chi connectivity index (χ1v) is 10.7. The fraction of sp³-hybridized carbons (Fsp3) is 0.0476. The lowest BCUT2D eigenvalue weighted by Crippen LogP contribution is -2.14. The molecule has 6 nitrogen and oxygen atoms in total. The molecule has 0 saturated carbocycles. The number of hydrogen-bond acceptors (Lipinski definition) is 6. The van der Waals surface area contributed by atoms with Gasteiger partial charge in [-0.3, -0.25) is 14.9 Å². The van der Waals surface area contributed by atoms with Crippen LogP contribution in [0.2, 0.25) is 0 Å². The lowest BCUT2D eigenvalue weighted by atomic mass is 10.0. The van der Waals surface area contributed by atoms with Crippen molar-refractivity contribution in [1.29, 1.82) is 0 Å². The topological polar surface area (TPSA) is 84.0 Å². The summed E-state index contributed by atoms with van der Waals surface area (Å²) >= 11 is 2.33. The summed E-state index contributed by atoms with van der Waals surface area (Å²) < 4.78 is 14.1. The Labute approximate surface area is 179 Å². The van der Waals surface area contributed by atoms with Gasteiger partial charge in [-0.15, -0.1) is 10.2 Å². The first kappa shape index (κ1) is 20.0. The van der Waals surface area contributed by atoms with Gasteiger partial charge in [-0.2, -0.15) is 0 Å². The Bertz CT molecular complexity index is 1220. The van der Waals surface area contributed by atoms with Crippen molar-refractivity contribution < 1.29 is 14.0 Å². The second kappa shape index (κ2) is 9.02. The van der Waals surface area contributed by atoms with Crippen molar-refractivity contribution in [3.63, 3.8) is 0 Å². The molecule has 4 rings (SSSR count). The number of anilines is 2. The van der Waals surface area contributed by atoms with Crippen LogP contribution in [0, 0.1) is 5.82 Å². The molecule has 0 saturated heterocycles. The molecule has 0 aliphatic heterocycles. The molecule has 0 radical (unpaired) electrons. The van der Waals surface area contributed by atoms with Crippen LogP contribution in [0.15, 0.2) is 71.1 Å². The molecule has 0 bridgehead atoms. The number of benzene rings is 3. The Morgan fingerprint density at radius 1 is 0.933 bits per heavy atom. The molecule has 0 aliphatic carbocycles. The van der Waals surface area contributed by atoms with Gasteiger partial charge in [0.15, 0.2) is 4.34 Å². The van der Waals surface area contributed by atoms with Crippen LogP contribution in [-0.2, 0) is 4.79 Å². The fourth-order valence-electron chi connectivity index (χ4n) is 2.78. The lowest BCUT2D eigenvalue weighted by Gasteiger charge is -2.05. The summed E-state index contributed by atoms with van der Waals surface area (Å²) in [5, 5.41) is 15.4. The van der Waals surface area contributed by atoms with E-state index < -0.39 is 5.82 Å². The Kier molecular flexibility index (Phi) is 6.01. The number of rotatable bonds is 6. The second-order valence-electron chi connectivity index (χ2n) is 6.17. The highest BCUT2D eigenvalue weighted by Gasteiger charge is 2.14. The minimum Gasteiger partial charge on any atom is -0.323 e. The third-order valence-electron chi connectivity index (χ3n) is 4.14. The van der Waals surface area contributed by atoms with Crippen molar-refractivity contribution in [3.8, 4) is 0 Å². The molecule has 0 fully saturated rings. The molecule has 0 unspecified atom stereocenters. The summed E-state index contributed by atoms with van der Waals surface area (Å²) in [7, 11) is 0. The van der Waals surface area contributed by atoms with Crippen molar-refractivity contribution in [2.45, 2.75) is 4.34 Å². The maximum Gasteiger partial charge on any atom is 0.258 e. The zero-order valence-electron chi connectivity index (χ0n) is 15.5. The van der Waals surface area contributed by atoms with E-state index in [0.717, 1.165) is 22.5 Å². The average Bonchev–Trinajstić information content (AvgIpc) is 3.21. The minimum atomic E-state index is -0.495. The number of thioether (sulfide) groups is 1. The minimum absolute atomic E-state index is 0.0419. The van der Waals surface area contributed by atoms with Gasteiger partial charge >= 0.3 is 0 Å². The largest absolute Gasteiger partial charge is 0.323 e. The van der Waals surface area contributed by atoms with Gasteiger partial charge in [0.2, 0.25) is 11.0 Å². The zero-order chi connectivity index (χ0) is 20.9. The second-order valence-corrected chi connectivity index (χ2v) is 8.37. The lowest BCUT2D eigenvalue weighted by molar-refractivity contribution is -0.113. The van der Waals surface area contributed by atoms with Gasteiger partial charge in [0, 0.05) is 5.56 Å². The number of aromatic nitrogens is 2. The normalized spacial score (nSPS) is 10.7. The van der Waals surface area contributed by atoms with E-state index in [9.17, 15) is 14.0 Å². The molecule has 0 spiro atoms. The number of nitrogens with one attached hydrogen (secondary N) is 2. The number of halogens is 1. The van der Waals surface area contributed by atoms with E-state index in [1.807, 2.05) is 36.4 Å². The molecule has 150 valence electrons. The van der Waals surface area contributed by atoms with E-state index in [1.165, 1.54) is 23.5 Å². The molecule has 3 aromatic carbocycles. The highest BCUT2D eigenvalue weighted by Crippen LogP contribution is 2.27. The highest BCUT2D eigenvalue weighted by atomic mass is 32.2. The Morgan fingerprint density at radius 2 is 1.70 bits per heavy atom. The van der Waals surface area contributed by atoms with E-state index in [2.05, 4.69) is 20.8 Å². The van der Waals surface area contributed by atoms with Crippen LogP contribution in [0.25, 0.3) is 10.8 Å². The first-order chi connectivity index (χ1) is 14.6. The number of amides is 2. The molecule has 1 heterocycles. The van der Waals surface area contributed by atoms with Gasteiger partial charge in [-0.25, -0.2) is 4.39 Å². The molecule has 0 aliphatic rings. The summed E-state index contributed by atoms with van der Waals surface area (Å²) in [5.41, 5.74) is 0.671. The highest BCUT2D eigenvalue weighted by molar-refractivity contribution is 8.01. The molecule has 4 aromatic rings. The summed E-state index contributed by atoms with van der Waals surface area (Å²) in [6.45, 7) is 0. The van der Waals surface area contributed by atoms with E-state index in [0.29, 0.717) is 15.0 Å². The summed E-state index contributed by atoms with van der Waals surface area (Å²) in [4.78, 5) is 24.7. The van der Waals surface area contributed by atoms with Crippen molar-refractivity contribution >= 4 is 56.5 Å². The fourth-order valence-corrected chi connectivity index (χ4v) is 4.33. The molecule has 2 amide bonds. The number of carbonyl (C=O) groups excluding carboxylic acids is 2. The number of carbonyl (C=O) groups is 2. The van der Waals surface area contributed by atoms with Crippen LogP contribution < -0.4 is 10.6 Å². The van der Waals surface area contributed by atoms with Crippen LogP contribution in [0.4, 0.5) is 15.2 Å². The molecule has 2 N–H and O–H groups in total. The standard InChI is InChI=1S/C21H15FN4O2S2/c22-16-10-3-4-11-17(16)23-18(27)12-29-21-26-25-20(30-21)24-19(28)15-9-5-7-13-6-1-2-8-14(13)15/h1-11H,12H2,(H,23,27)(H,24,25,28). The molecule has 1 aromatic heterocycles. The van der Waals surface area contributed by atoms with Crippen molar-refractivity contribution in [2.24, 2.45) is 0 Å². The Hall–Kier alpha value is -3.30. The smallest absolute Gasteiger partial charge is 0.258 e. The van der Waals surface area contributed by atoms with Crippen molar-refractivity contribution in [1.82, 2.24) is 10.2 Å². The van der Waals surface area contributed by atoms with Crippen molar-refractivity contribution in [3.05, 3.63) is 78.1 Å². The monoisotopic (exact) mass is 438 g/mol. The quantitative estimate of drug-likeness (QED) is 0.333. The van der Waals surface area contributed by atoms with E-state index in [-0.39, 0.29) is 23.3 Å². The van der Waals surface area contributed by atoms with Gasteiger partial charge in [0.1, 0.15) is 5.82 Å². The Balaban J connectivity index is 1.36. The predicted molar refractivity (Wildman–Crippen MR) is 118 cm³/mol. The molecule has 30 heavy (non-hydrogen) atoms. The van der Waals surface area contributed by atoms with E-state index >= 15 is 0 Å². The maximum absolute atomic E-state index is 13.6. The summed E-state index contributed by atoms with van der Waals surface area (Å²) in [6.07, 6.45) is 0. The van der Waals surface area contributed by atoms with Gasteiger partial charge in [-0.1, -0.05) is 71.6 Å². The van der Waals surface area contributed by atoms with Gasteiger partial charge in [0.05, 0.1) is 11.4 Å². The number of para-hydroxylation sites is 1. The molecular weight excluding hydrogens is 423 g/mol. The number of hydrogen-bond donors (Lipinski definition) is 2. The first-order valence-electron chi connectivity index (χ1n) is 8.90. The van der Waals surface area contributed by atoms with Gasteiger partial charge in [-0.05, 0) is 29.0 Å². The zero-order valence-corrected chi connectivity index (χ0v) is 17.1. The Morgan fingerprint density at radius 3 is 2.57 bits per heavy atom. The third-order valence-corrected chi connectivity index (χ3v) is 6.11. The molecule has 0 atom stereocenters. The van der Waals surface area contributed by atoms with E-state index in [4.69, 9.17) is 0 Å². The molecule has 9 heteroatoms. The maximum atomic E-state index is 13.6.